The van der Waals surface area contributed by atoms with Gasteiger partial charge < -0.3 is 28.8 Å². The molecule has 9 rings (SSSR count). The molecule has 0 aromatic heterocycles. The van der Waals surface area contributed by atoms with Crippen molar-refractivity contribution in [3.05, 3.63) is 0 Å². The van der Waals surface area contributed by atoms with Crippen LogP contribution in [0.15, 0.2) is 0 Å². The van der Waals surface area contributed by atoms with E-state index in [2.05, 4.69) is 25.7 Å². The van der Waals surface area contributed by atoms with E-state index in [0.29, 0.717) is 52.4 Å². The predicted octanol–water partition coefficient (Wildman–Crippen LogP) is 6.12. The fourth-order valence-corrected chi connectivity index (χ4v) is 13.8. The Labute approximate surface area is 288 Å². The minimum Gasteiger partial charge on any atom is -0.457 e. The lowest BCUT2D eigenvalue weighted by Gasteiger charge is -2.60. The minimum atomic E-state index is -1.13. The molecule has 3 aliphatic heterocycles. The van der Waals surface area contributed by atoms with Gasteiger partial charge in [-0.3, -0.25) is 9.69 Å². The number of rotatable bonds is 8. The van der Waals surface area contributed by atoms with Crippen molar-refractivity contribution >= 4 is 5.97 Å². The highest BCUT2D eigenvalue weighted by Gasteiger charge is 2.80. The number of aliphatic hydroxyl groups is 1. The third-order valence-corrected chi connectivity index (χ3v) is 16.5. The fraction of sp³-hybridized carbons (Fsp3) is 0.975. The summed E-state index contributed by atoms with van der Waals surface area (Å²) in [6.07, 6.45) is 14.6. The smallest absolute Gasteiger partial charge is 0.306 e. The molecule has 6 aliphatic carbocycles. The molecular weight excluding hydrogens is 606 g/mol. The summed E-state index contributed by atoms with van der Waals surface area (Å²) in [5.74, 6) is 3.07. The number of nitrogens with zero attached hydrogens (tertiary/aromatic N) is 1. The van der Waals surface area contributed by atoms with Gasteiger partial charge in [0, 0.05) is 13.0 Å². The molecule has 0 radical (unpaired) electrons. The van der Waals surface area contributed by atoms with Crippen LogP contribution in [0.5, 0.6) is 0 Å². The highest BCUT2D eigenvalue weighted by molar-refractivity contribution is 5.70. The zero-order valence-electron chi connectivity index (χ0n) is 30.4. The van der Waals surface area contributed by atoms with Crippen LogP contribution >= 0.6 is 0 Å². The van der Waals surface area contributed by atoms with Crippen molar-refractivity contribution in [1.82, 2.24) is 4.90 Å². The van der Waals surface area contributed by atoms with Gasteiger partial charge in [0.05, 0.1) is 56.3 Å². The molecule has 270 valence electrons. The molecule has 0 aromatic carbocycles. The first-order valence-corrected chi connectivity index (χ1v) is 20.0. The summed E-state index contributed by atoms with van der Waals surface area (Å²) < 4.78 is 31.6. The Morgan fingerprint density at radius 3 is 2.48 bits per heavy atom. The van der Waals surface area contributed by atoms with Gasteiger partial charge in [-0.1, -0.05) is 20.8 Å². The average molecular weight is 670 g/mol. The SMILES string of the molecule is CC(C)(O)[C@@H](OC(=O)CC1CC1)C1CCC2C(CC3C4CCC5C(C)(C)[C@@H](OC6CN(C7COC7)CCO6)CCC56C[C@@]46CC[C@]23C)O1. The molecule has 48 heavy (non-hydrogen) atoms. The molecular formula is C40H63NO7. The van der Waals surface area contributed by atoms with Crippen LogP contribution in [-0.2, 0) is 28.5 Å². The number of hydrogen-bond acceptors (Lipinski definition) is 8. The third-order valence-electron chi connectivity index (χ3n) is 16.5. The van der Waals surface area contributed by atoms with E-state index in [0.717, 1.165) is 77.4 Å². The maximum atomic E-state index is 12.8. The summed E-state index contributed by atoms with van der Waals surface area (Å²) in [7, 11) is 0. The lowest BCUT2D eigenvalue weighted by Crippen LogP contribution is -2.58. The zero-order chi connectivity index (χ0) is 33.3. The molecule has 2 spiro atoms. The van der Waals surface area contributed by atoms with Gasteiger partial charge in [-0.25, -0.2) is 0 Å². The summed E-state index contributed by atoms with van der Waals surface area (Å²) in [5, 5.41) is 11.1. The van der Waals surface area contributed by atoms with Gasteiger partial charge in [0.2, 0.25) is 0 Å². The van der Waals surface area contributed by atoms with Crippen molar-refractivity contribution < 1.29 is 33.6 Å². The third kappa shape index (κ3) is 5.06. The minimum absolute atomic E-state index is 0.124. The first kappa shape index (κ1) is 33.1. The van der Waals surface area contributed by atoms with Crippen molar-refractivity contribution in [2.45, 2.75) is 160 Å². The molecule has 12 atom stereocenters. The normalized spacial score (nSPS) is 49.0. The monoisotopic (exact) mass is 669 g/mol. The van der Waals surface area contributed by atoms with Crippen LogP contribution in [0.25, 0.3) is 0 Å². The number of fused-ring (bicyclic) bond motifs is 4. The maximum absolute atomic E-state index is 12.8. The van der Waals surface area contributed by atoms with E-state index < -0.39 is 11.7 Å². The lowest BCUT2D eigenvalue weighted by atomic mass is 9.46. The van der Waals surface area contributed by atoms with Crippen LogP contribution < -0.4 is 0 Å². The van der Waals surface area contributed by atoms with Crippen molar-refractivity contribution in [2.75, 3.05) is 32.9 Å². The molecule has 3 saturated heterocycles. The van der Waals surface area contributed by atoms with E-state index in [1.54, 1.807) is 13.8 Å². The molecule has 0 amide bonds. The van der Waals surface area contributed by atoms with Gasteiger partial charge in [0.25, 0.3) is 0 Å². The standard InChI is InChI=1S/C40H63NO7/c1-36(2)31-11-9-26-28-19-30-27(8-10-29(46-30)35(37(3,4)43)48-33(42)18-24-6-7-24)38(28,5)14-15-39(26)23-40(31,39)13-12-32(36)47-34-20-41(16-17-45-34)25-21-44-22-25/h24-32,34-35,43H,6-23H2,1-5H3/t26?,27?,28?,29?,30?,31?,32-,34?,35-,38+,39-,40?/m0/s1. The highest BCUT2D eigenvalue weighted by atomic mass is 16.7. The van der Waals surface area contributed by atoms with Crippen LogP contribution in [-0.4, -0.2) is 91.2 Å². The zero-order valence-corrected chi connectivity index (χ0v) is 30.4. The molecule has 0 aromatic rings. The maximum Gasteiger partial charge on any atom is 0.306 e. The Hall–Kier alpha value is -0.770. The number of carbonyl (C=O) groups is 1. The van der Waals surface area contributed by atoms with Crippen molar-refractivity contribution in [3.63, 3.8) is 0 Å². The number of esters is 1. The van der Waals surface area contributed by atoms with Crippen LogP contribution in [0.1, 0.15) is 118 Å². The predicted molar refractivity (Wildman–Crippen MR) is 180 cm³/mol. The van der Waals surface area contributed by atoms with Crippen LogP contribution in [0.2, 0.25) is 0 Å². The Morgan fingerprint density at radius 1 is 0.958 bits per heavy atom. The summed E-state index contributed by atoms with van der Waals surface area (Å²) in [6, 6.07) is 0.536. The molecule has 0 bridgehead atoms. The van der Waals surface area contributed by atoms with E-state index in [9.17, 15) is 9.90 Å². The first-order chi connectivity index (χ1) is 22.8. The van der Waals surface area contributed by atoms with E-state index >= 15 is 0 Å². The van der Waals surface area contributed by atoms with E-state index in [-0.39, 0.29) is 36.0 Å². The highest BCUT2D eigenvalue weighted by Crippen LogP contribution is 2.87. The van der Waals surface area contributed by atoms with Crippen LogP contribution in [0.3, 0.4) is 0 Å². The first-order valence-electron chi connectivity index (χ1n) is 20.0. The van der Waals surface area contributed by atoms with Gasteiger partial charge in [-0.05, 0) is 142 Å². The summed E-state index contributed by atoms with van der Waals surface area (Å²) in [5.41, 5.74) is 0.300. The second-order valence-electron chi connectivity index (χ2n) is 19.7. The fourth-order valence-electron chi connectivity index (χ4n) is 13.8. The molecule has 6 saturated carbocycles. The van der Waals surface area contributed by atoms with Crippen molar-refractivity contribution in [1.29, 1.82) is 0 Å². The molecule has 3 heterocycles. The number of morpholine rings is 1. The van der Waals surface area contributed by atoms with Gasteiger partial charge in [0.15, 0.2) is 12.4 Å². The van der Waals surface area contributed by atoms with Crippen LogP contribution in [0, 0.1) is 51.2 Å². The van der Waals surface area contributed by atoms with Crippen molar-refractivity contribution in [3.8, 4) is 0 Å². The molecule has 8 heteroatoms. The summed E-state index contributed by atoms with van der Waals surface area (Å²) >= 11 is 0. The van der Waals surface area contributed by atoms with E-state index in [4.69, 9.17) is 23.7 Å². The Bertz CT molecular complexity index is 1260. The largest absolute Gasteiger partial charge is 0.457 e. The van der Waals surface area contributed by atoms with Crippen molar-refractivity contribution in [2.24, 2.45) is 51.2 Å². The van der Waals surface area contributed by atoms with E-state index in [1.807, 2.05) is 0 Å². The van der Waals surface area contributed by atoms with Gasteiger partial charge in [-0.2, -0.15) is 0 Å². The summed E-state index contributed by atoms with van der Waals surface area (Å²) in [4.78, 5) is 15.3. The lowest BCUT2D eigenvalue weighted by molar-refractivity contribution is -0.253. The average Bonchev–Trinajstić information content (AvgIpc) is 3.91. The second kappa shape index (κ2) is 11.4. The van der Waals surface area contributed by atoms with Gasteiger partial charge in [0.1, 0.15) is 0 Å². The van der Waals surface area contributed by atoms with Crippen LogP contribution in [0.4, 0.5) is 0 Å². The Kier molecular flexibility index (Phi) is 7.83. The topological polar surface area (TPSA) is 86.7 Å². The number of carbonyl (C=O) groups excluding carboxylic acids is 1. The molecule has 9 fully saturated rings. The molecule has 1 N–H and O–H groups in total. The Balaban J connectivity index is 0.882. The molecule has 9 aliphatic rings. The molecule has 8 nitrogen and oxygen atoms in total. The molecule has 8 unspecified atom stereocenters. The Morgan fingerprint density at radius 2 is 1.75 bits per heavy atom. The van der Waals surface area contributed by atoms with Gasteiger partial charge in [-0.15, -0.1) is 0 Å². The summed E-state index contributed by atoms with van der Waals surface area (Å²) in [6.45, 7) is 15.5. The number of hydrogen-bond donors (Lipinski definition) is 1. The quantitative estimate of drug-likeness (QED) is 0.310. The van der Waals surface area contributed by atoms with E-state index in [1.165, 1.54) is 38.5 Å². The number of ether oxygens (including phenoxy) is 5. The second-order valence-corrected chi connectivity index (χ2v) is 19.7. The van der Waals surface area contributed by atoms with Gasteiger partial charge >= 0.3 is 5.97 Å².